The molecule has 0 N–H and O–H groups in total. The highest BCUT2D eigenvalue weighted by molar-refractivity contribution is 6.03. The quantitative estimate of drug-likeness (QED) is 0.0482. The van der Waals surface area contributed by atoms with E-state index in [4.69, 9.17) is 9.47 Å². The number of carbonyl (C=O) groups is 2. The van der Waals surface area contributed by atoms with Gasteiger partial charge in [0.2, 0.25) is 0 Å². The van der Waals surface area contributed by atoms with Crippen LogP contribution in [0.3, 0.4) is 0 Å². The molecule has 0 aromatic heterocycles. The first kappa shape index (κ1) is 90.2. The van der Waals surface area contributed by atoms with Crippen LogP contribution in [0.2, 0.25) is 0 Å². The summed E-state index contributed by atoms with van der Waals surface area (Å²) in [5.74, 6) is 3.06. The van der Waals surface area contributed by atoms with Gasteiger partial charge < -0.3 is 9.47 Å². The largest absolute Gasteiger partial charge is 0.462 e. The van der Waals surface area contributed by atoms with Crippen LogP contribution in [0.15, 0.2) is 24.3 Å². The molecule has 4 nitrogen and oxygen atoms in total. The normalized spacial score (nSPS) is 13.0. The molecular formula is C90H170O4. The fourth-order valence-corrected chi connectivity index (χ4v) is 15.8. The smallest absolute Gasteiger partial charge is 0.339 e. The van der Waals surface area contributed by atoms with Crippen LogP contribution in [-0.2, 0) is 9.47 Å². The first-order valence-corrected chi connectivity index (χ1v) is 43.9. The van der Waals surface area contributed by atoms with Gasteiger partial charge in [0.1, 0.15) is 0 Å². The van der Waals surface area contributed by atoms with Gasteiger partial charge in [0.15, 0.2) is 0 Å². The van der Waals surface area contributed by atoms with Crippen LogP contribution in [0.5, 0.6) is 0 Å². The van der Waals surface area contributed by atoms with E-state index in [0.29, 0.717) is 24.3 Å². The predicted octanol–water partition coefficient (Wildman–Crippen LogP) is 31.9. The van der Waals surface area contributed by atoms with E-state index in [1.807, 2.05) is 12.1 Å². The maximum Gasteiger partial charge on any atom is 0.339 e. The molecule has 0 bridgehead atoms. The van der Waals surface area contributed by atoms with Crippen molar-refractivity contribution in [2.24, 2.45) is 23.7 Å². The Hall–Kier alpha value is -1.84. The van der Waals surface area contributed by atoms with Crippen molar-refractivity contribution in [1.82, 2.24) is 0 Å². The lowest BCUT2D eigenvalue weighted by Crippen LogP contribution is -2.15. The number of esters is 2. The average Bonchev–Trinajstić information content (AvgIpc) is 0.926. The lowest BCUT2D eigenvalue weighted by Gasteiger charge is -2.17. The van der Waals surface area contributed by atoms with Gasteiger partial charge >= 0.3 is 11.9 Å². The number of hydrogen-bond acceptors (Lipinski definition) is 4. The van der Waals surface area contributed by atoms with Crippen molar-refractivity contribution in [2.45, 2.75) is 491 Å². The summed E-state index contributed by atoms with van der Waals surface area (Å²) >= 11 is 0. The highest BCUT2D eigenvalue weighted by Gasteiger charge is 2.20. The molecule has 0 aliphatic rings. The summed E-state index contributed by atoms with van der Waals surface area (Å²) in [5, 5.41) is 0. The molecule has 0 radical (unpaired) electrons. The molecule has 1 aromatic rings. The fraction of sp³-hybridized carbons (Fsp3) is 0.911. The lowest BCUT2D eigenvalue weighted by atomic mass is 9.89. The first-order chi connectivity index (χ1) is 46.4. The monoisotopic (exact) mass is 1320 g/mol. The molecular weight excluding hydrogens is 1140 g/mol. The van der Waals surface area contributed by atoms with E-state index in [9.17, 15) is 9.59 Å². The second-order valence-corrected chi connectivity index (χ2v) is 31.1. The van der Waals surface area contributed by atoms with Crippen LogP contribution >= 0.6 is 0 Å². The molecule has 0 spiro atoms. The predicted molar refractivity (Wildman–Crippen MR) is 418 cm³/mol. The Morgan fingerprint density at radius 2 is 0.372 bits per heavy atom. The third-order valence-corrected chi connectivity index (χ3v) is 22.1. The Kier molecular flexibility index (Phi) is 70.9. The summed E-state index contributed by atoms with van der Waals surface area (Å²) < 4.78 is 11.4. The van der Waals surface area contributed by atoms with Crippen LogP contribution < -0.4 is 0 Å². The molecule has 4 atom stereocenters. The van der Waals surface area contributed by atoms with E-state index in [1.54, 1.807) is 12.1 Å². The molecule has 4 heteroatoms. The Bertz CT molecular complexity index is 1530. The second-order valence-electron chi connectivity index (χ2n) is 31.1. The van der Waals surface area contributed by atoms with Gasteiger partial charge in [0, 0.05) is 0 Å². The van der Waals surface area contributed by atoms with Crippen LogP contribution in [0.25, 0.3) is 0 Å². The Morgan fingerprint density at radius 3 is 0.553 bits per heavy atom. The van der Waals surface area contributed by atoms with Crippen molar-refractivity contribution in [3.8, 4) is 0 Å². The topological polar surface area (TPSA) is 52.6 Å². The van der Waals surface area contributed by atoms with Crippen molar-refractivity contribution in [2.75, 3.05) is 13.2 Å². The van der Waals surface area contributed by atoms with Gasteiger partial charge in [-0.05, 0) is 48.6 Å². The molecule has 0 aliphatic heterocycles. The Labute approximate surface area is 591 Å². The number of hydrogen-bond donors (Lipinski definition) is 0. The van der Waals surface area contributed by atoms with Gasteiger partial charge in [-0.2, -0.15) is 0 Å². The van der Waals surface area contributed by atoms with Crippen molar-refractivity contribution in [3.05, 3.63) is 35.4 Å². The van der Waals surface area contributed by atoms with Crippen LogP contribution in [-0.4, -0.2) is 25.2 Å². The van der Waals surface area contributed by atoms with E-state index in [0.717, 1.165) is 49.4 Å². The van der Waals surface area contributed by atoms with Gasteiger partial charge in [-0.25, -0.2) is 9.59 Å². The highest BCUT2D eigenvalue weighted by atomic mass is 16.5. The standard InChI is InChI=1S/C90H170O4/c1-7-13-17-21-41-53-69-83(67-11-5)71-55-45-33-25-27-35-47-59-75-85(73-57-43-23-19-15-9-3)77-61-49-37-29-31-39-51-65-81-93-89(91)87-79-63-64-80-88(87)90(92)94-82-66-52-40-32-30-38-50-62-78-86(74-58-44-24-20-16-10-4)76-60-48-36-28-26-34-46-56-72-84(68-12-6)70-54-42-22-18-14-8-2/h63-64,79-80,83-86H,7-62,65-78,81-82H2,1-6H3. The van der Waals surface area contributed by atoms with Gasteiger partial charge in [-0.1, -0.05) is 490 Å². The van der Waals surface area contributed by atoms with Crippen molar-refractivity contribution in [1.29, 1.82) is 0 Å². The third-order valence-electron chi connectivity index (χ3n) is 22.1. The molecule has 0 amide bonds. The summed E-state index contributed by atoms with van der Waals surface area (Å²) in [6.07, 6.45) is 97.6. The lowest BCUT2D eigenvalue weighted by molar-refractivity contribution is 0.0450. The van der Waals surface area contributed by atoms with Crippen molar-refractivity contribution >= 4 is 11.9 Å². The molecule has 1 aromatic carbocycles. The number of carbonyl (C=O) groups excluding carboxylic acids is 2. The van der Waals surface area contributed by atoms with Crippen molar-refractivity contribution < 1.29 is 19.1 Å². The SMILES string of the molecule is CCCCCCCCC(CCC)CCCCCCCCCCC(CCCCCCCC)CCCCCCCCCCOC(=O)c1ccccc1C(=O)OCCCCCCCCCCC(CCCCCCCC)CCCCCCCCCCC(CCC)CCCCCCCC. The van der Waals surface area contributed by atoms with Gasteiger partial charge in [0.05, 0.1) is 24.3 Å². The zero-order valence-corrected chi connectivity index (χ0v) is 65.2. The molecule has 0 fully saturated rings. The molecule has 0 saturated carbocycles. The van der Waals surface area contributed by atoms with Gasteiger partial charge in [0.25, 0.3) is 0 Å². The maximum absolute atomic E-state index is 13.2. The Morgan fingerprint density at radius 1 is 0.213 bits per heavy atom. The average molecular weight is 1320 g/mol. The second kappa shape index (κ2) is 73.9. The fourth-order valence-electron chi connectivity index (χ4n) is 15.8. The first-order valence-electron chi connectivity index (χ1n) is 43.9. The summed E-state index contributed by atoms with van der Waals surface area (Å²) in [7, 11) is 0. The van der Waals surface area contributed by atoms with E-state index in [-0.39, 0.29) is 0 Å². The van der Waals surface area contributed by atoms with E-state index < -0.39 is 11.9 Å². The molecule has 0 aliphatic carbocycles. The van der Waals surface area contributed by atoms with E-state index in [1.165, 1.54) is 424 Å². The van der Waals surface area contributed by atoms with Crippen molar-refractivity contribution in [3.63, 3.8) is 0 Å². The molecule has 0 heterocycles. The zero-order chi connectivity index (χ0) is 67.8. The minimum Gasteiger partial charge on any atom is -0.462 e. The minimum absolute atomic E-state index is 0.326. The Balaban J connectivity index is 2.23. The highest BCUT2D eigenvalue weighted by Crippen LogP contribution is 2.29. The molecule has 0 saturated heterocycles. The van der Waals surface area contributed by atoms with E-state index >= 15 is 0 Å². The maximum atomic E-state index is 13.2. The number of rotatable bonds is 78. The summed E-state index contributed by atoms with van der Waals surface area (Å²) in [4.78, 5) is 26.3. The minimum atomic E-state index is -0.410. The molecule has 4 unspecified atom stereocenters. The summed E-state index contributed by atoms with van der Waals surface area (Å²) in [6, 6.07) is 7.04. The zero-order valence-electron chi connectivity index (χ0n) is 65.2. The third kappa shape index (κ3) is 60.1. The number of ether oxygens (including phenoxy) is 2. The van der Waals surface area contributed by atoms with Crippen LogP contribution in [0, 0.1) is 23.7 Å². The molecule has 1 rings (SSSR count). The van der Waals surface area contributed by atoms with Gasteiger partial charge in [-0.3, -0.25) is 0 Å². The van der Waals surface area contributed by atoms with E-state index in [2.05, 4.69) is 41.5 Å². The van der Waals surface area contributed by atoms with Crippen LogP contribution in [0.1, 0.15) is 512 Å². The number of unbranched alkanes of at least 4 members (excludes halogenated alkanes) is 48. The number of benzene rings is 1. The molecule has 94 heavy (non-hydrogen) atoms. The van der Waals surface area contributed by atoms with Gasteiger partial charge in [-0.15, -0.1) is 0 Å². The molecule has 554 valence electrons. The summed E-state index contributed by atoms with van der Waals surface area (Å²) in [6.45, 7) is 14.9. The van der Waals surface area contributed by atoms with Crippen LogP contribution in [0.4, 0.5) is 0 Å². The summed E-state index contributed by atoms with van der Waals surface area (Å²) in [5.41, 5.74) is 0.651.